The third-order valence-corrected chi connectivity index (χ3v) is 7.78. The van der Waals surface area contributed by atoms with Gasteiger partial charge in [-0.15, -0.1) is 0 Å². The highest BCUT2D eigenvalue weighted by Gasteiger charge is 2.33. The van der Waals surface area contributed by atoms with Crippen molar-refractivity contribution in [2.45, 2.75) is 96.4 Å². The summed E-state index contributed by atoms with van der Waals surface area (Å²) in [6, 6.07) is 0.0470. The van der Waals surface area contributed by atoms with Crippen LogP contribution in [0.1, 0.15) is 71.8 Å². The summed E-state index contributed by atoms with van der Waals surface area (Å²) in [7, 11) is 0. The molecule has 2 N–H and O–H groups in total. The van der Waals surface area contributed by atoms with E-state index in [0.717, 1.165) is 43.5 Å². The fraction of sp³-hybridized carbons (Fsp3) is 0.607. The van der Waals surface area contributed by atoms with Crippen LogP contribution in [0.25, 0.3) is 11.4 Å². The number of rotatable bonds is 9. The van der Waals surface area contributed by atoms with Crippen LogP contribution in [0.2, 0.25) is 5.02 Å². The second-order valence-electron chi connectivity index (χ2n) is 12.0. The van der Waals surface area contributed by atoms with Crippen LogP contribution in [0, 0.1) is 5.92 Å². The van der Waals surface area contributed by atoms with Gasteiger partial charge in [0.05, 0.1) is 28.8 Å². The maximum atomic E-state index is 13.5. The lowest BCUT2D eigenvalue weighted by molar-refractivity contribution is 0.119. The first-order valence-electron chi connectivity index (χ1n) is 14.0. The van der Waals surface area contributed by atoms with Crippen molar-refractivity contribution in [3.05, 3.63) is 35.4 Å². The van der Waals surface area contributed by atoms with Gasteiger partial charge in [0.25, 0.3) is 0 Å². The van der Waals surface area contributed by atoms with Crippen LogP contribution in [0.15, 0.2) is 24.8 Å². The average Bonchev–Trinajstić information content (AvgIpc) is 3.43. The van der Waals surface area contributed by atoms with Gasteiger partial charge in [-0.3, -0.25) is 14.7 Å². The molecule has 40 heavy (non-hydrogen) atoms. The van der Waals surface area contributed by atoms with E-state index in [1.54, 1.807) is 17.3 Å². The minimum atomic E-state index is -1.23. The number of nitrogens with one attached hydrogen (secondary N) is 2. The van der Waals surface area contributed by atoms with E-state index in [1.807, 2.05) is 17.1 Å². The predicted molar refractivity (Wildman–Crippen MR) is 152 cm³/mol. The molecule has 3 heterocycles. The van der Waals surface area contributed by atoms with Gasteiger partial charge in [0, 0.05) is 36.6 Å². The van der Waals surface area contributed by atoms with Crippen LogP contribution in [0.5, 0.6) is 0 Å². The molecule has 0 spiro atoms. The molecule has 3 aromatic rings. The normalized spacial score (nSPS) is 20.2. The molecule has 0 radical (unpaired) electrons. The summed E-state index contributed by atoms with van der Waals surface area (Å²) >= 11 is 6.39. The van der Waals surface area contributed by atoms with E-state index in [9.17, 15) is 9.18 Å². The lowest BCUT2D eigenvalue weighted by Crippen LogP contribution is -2.45. The minimum absolute atomic E-state index is 0.0809. The Morgan fingerprint density at radius 1 is 1.23 bits per heavy atom. The van der Waals surface area contributed by atoms with E-state index in [1.165, 1.54) is 19.8 Å². The number of carbonyl (C=O) groups is 1. The van der Waals surface area contributed by atoms with Crippen molar-refractivity contribution in [1.29, 1.82) is 0 Å². The zero-order valence-corrected chi connectivity index (χ0v) is 24.3. The molecule has 216 valence electrons. The molecule has 2 fully saturated rings. The fourth-order valence-electron chi connectivity index (χ4n) is 5.15. The van der Waals surface area contributed by atoms with Crippen LogP contribution >= 0.6 is 11.6 Å². The summed E-state index contributed by atoms with van der Waals surface area (Å²) in [5.41, 5.74) is 2.85. The molecule has 5 rings (SSSR count). The highest BCUT2D eigenvalue weighted by atomic mass is 35.5. The summed E-state index contributed by atoms with van der Waals surface area (Å²) in [5, 5.41) is 15.5. The molecule has 12 heteroatoms. The maximum Gasteiger partial charge on any atom is 0.414 e. The van der Waals surface area contributed by atoms with Crippen molar-refractivity contribution in [3.8, 4) is 11.4 Å². The Morgan fingerprint density at radius 3 is 2.60 bits per heavy atom. The van der Waals surface area contributed by atoms with E-state index in [4.69, 9.17) is 21.3 Å². The highest BCUT2D eigenvalue weighted by Crippen LogP contribution is 2.35. The second kappa shape index (κ2) is 11.7. The molecule has 1 amide bonds. The molecule has 1 unspecified atom stereocenters. The number of hydrogen-bond acceptors (Lipinski definition) is 7. The van der Waals surface area contributed by atoms with Gasteiger partial charge >= 0.3 is 6.09 Å². The topological polar surface area (TPSA) is 114 Å². The Morgan fingerprint density at radius 2 is 1.98 bits per heavy atom. The monoisotopic (exact) mass is 572 g/mol. The Bertz CT molecular complexity index is 1310. The quantitative estimate of drug-likeness (QED) is 0.316. The van der Waals surface area contributed by atoms with E-state index in [-0.39, 0.29) is 24.1 Å². The zero-order chi connectivity index (χ0) is 28.4. The standard InChI is InChI=1S/C28H38ClFN8O2/c1-17(30)16-40-27(39)38(21-11-33-37(15-21)14-18-5-6-18)20-9-7-19(8-10-20)34-26-31-12-22(28(2,3)4)24(35-26)25-23(29)13-32-36-25/h11-13,15,17-20H,5-10,14,16H2,1-4H3,(H,32,36)(H,31,34,35). The summed E-state index contributed by atoms with van der Waals surface area (Å²) in [4.78, 5) is 24.2. The number of alkyl halides is 1. The number of H-pyrrole nitrogens is 1. The zero-order valence-electron chi connectivity index (χ0n) is 23.5. The van der Waals surface area contributed by atoms with Crippen molar-refractivity contribution < 1.29 is 13.9 Å². The number of halogens is 2. The maximum absolute atomic E-state index is 13.5. The van der Waals surface area contributed by atoms with Crippen molar-refractivity contribution in [2.75, 3.05) is 16.8 Å². The van der Waals surface area contributed by atoms with Gasteiger partial charge in [0.15, 0.2) is 0 Å². The van der Waals surface area contributed by atoms with Gasteiger partial charge in [-0.05, 0) is 56.8 Å². The largest absolute Gasteiger partial charge is 0.446 e. The molecule has 10 nitrogen and oxygen atoms in total. The van der Waals surface area contributed by atoms with Gasteiger partial charge < -0.3 is 10.1 Å². The molecule has 0 aliphatic heterocycles. The van der Waals surface area contributed by atoms with Crippen LogP contribution in [-0.2, 0) is 16.7 Å². The molecule has 1 atom stereocenters. The van der Waals surface area contributed by atoms with Crippen LogP contribution in [0.4, 0.5) is 20.8 Å². The van der Waals surface area contributed by atoms with E-state index < -0.39 is 12.3 Å². The predicted octanol–water partition coefficient (Wildman–Crippen LogP) is 6.15. The lowest BCUT2D eigenvalue weighted by Gasteiger charge is -2.36. The Labute approximate surface area is 239 Å². The Balaban J connectivity index is 1.28. The summed E-state index contributed by atoms with van der Waals surface area (Å²) in [6.45, 7) is 8.27. The molecule has 2 aliphatic carbocycles. The first-order chi connectivity index (χ1) is 19.1. The molecular weight excluding hydrogens is 535 g/mol. The summed E-state index contributed by atoms with van der Waals surface area (Å²) in [6.07, 6.45) is 10.8. The Hall–Kier alpha value is -3.21. The second-order valence-corrected chi connectivity index (χ2v) is 12.4. The van der Waals surface area contributed by atoms with E-state index in [0.29, 0.717) is 28.3 Å². The van der Waals surface area contributed by atoms with Crippen molar-refractivity contribution in [3.63, 3.8) is 0 Å². The molecule has 0 aromatic carbocycles. The van der Waals surface area contributed by atoms with E-state index in [2.05, 4.69) is 46.4 Å². The number of ether oxygens (including phenoxy) is 1. The van der Waals surface area contributed by atoms with Crippen LogP contribution in [0.3, 0.4) is 0 Å². The highest BCUT2D eigenvalue weighted by molar-refractivity contribution is 6.32. The average molecular weight is 573 g/mol. The molecule has 3 aromatic heterocycles. The fourth-order valence-corrected chi connectivity index (χ4v) is 5.33. The number of amides is 1. The number of anilines is 2. The van der Waals surface area contributed by atoms with Crippen molar-refractivity contribution in [1.82, 2.24) is 29.9 Å². The van der Waals surface area contributed by atoms with Crippen molar-refractivity contribution >= 4 is 29.3 Å². The molecule has 2 saturated carbocycles. The van der Waals surface area contributed by atoms with Crippen molar-refractivity contribution in [2.24, 2.45) is 5.92 Å². The number of nitrogens with zero attached hydrogens (tertiary/aromatic N) is 6. The number of aromatic amines is 1. The number of carbonyl (C=O) groups excluding carboxylic acids is 1. The molecular formula is C28H38ClFN8O2. The molecule has 0 bridgehead atoms. The summed E-state index contributed by atoms with van der Waals surface area (Å²) < 4.78 is 20.7. The minimum Gasteiger partial charge on any atom is -0.446 e. The number of aromatic nitrogens is 6. The first kappa shape index (κ1) is 28.3. The molecule has 2 aliphatic rings. The van der Waals surface area contributed by atoms with Gasteiger partial charge in [-0.1, -0.05) is 32.4 Å². The van der Waals surface area contributed by atoms with Gasteiger partial charge in [0.1, 0.15) is 18.5 Å². The third-order valence-electron chi connectivity index (χ3n) is 7.49. The third kappa shape index (κ3) is 6.74. The smallest absolute Gasteiger partial charge is 0.414 e. The van der Waals surface area contributed by atoms with Crippen LogP contribution in [-0.4, -0.2) is 60.9 Å². The Kier molecular flexibility index (Phi) is 8.30. The van der Waals surface area contributed by atoms with E-state index >= 15 is 0 Å². The first-order valence-corrected chi connectivity index (χ1v) is 14.4. The molecule has 0 saturated heterocycles. The SMILES string of the molecule is CC(F)COC(=O)N(c1cnn(CC2CC2)c1)C1CCC(Nc2ncc(C(C)(C)C)c(-c3[nH]ncc3Cl)n2)CC1. The van der Waals surface area contributed by atoms with Gasteiger partial charge in [-0.25, -0.2) is 19.2 Å². The van der Waals surface area contributed by atoms with Gasteiger partial charge in [-0.2, -0.15) is 10.2 Å². The number of hydrogen-bond donors (Lipinski definition) is 2. The summed E-state index contributed by atoms with van der Waals surface area (Å²) in [5.74, 6) is 1.18. The lowest BCUT2D eigenvalue weighted by atomic mass is 9.86. The van der Waals surface area contributed by atoms with Gasteiger partial charge in [0.2, 0.25) is 5.95 Å². The van der Waals surface area contributed by atoms with Crippen LogP contribution < -0.4 is 10.2 Å².